The number of imide groups is 1. The van der Waals surface area contributed by atoms with E-state index in [1.807, 2.05) is 24.3 Å². The molecule has 2 saturated heterocycles. The number of para-hydroxylation sites is 1. The number of benzene rings is 2. The highest BCUT2D eigenvalue weighted by molar-refractivity contribution is 6.34. The summed E-state index contributed by atoms with van der Waals surface area (Å²) in [6.45, 7) is 2.80. The molecule has 5 heterocycles. The van der Waals surface area contributed by atoms with Gasteiger partial charge in [-0.25, -0.2) is 9.78 Å². The van der Waals surface area contributed by atoms with Gasteiger partial charge in [-0.3, -0.25) is 33.5 Å². The number of aryl methyl sites for hydroxylation is 1. The van der Waals surface area contributed by atoms with Gasteiger partial charge in [-0.1, -0.05) is 17.7 Å². The van der Waals surface area contributed by atoms with Crippen molar-refractivity contribution in [2.24, 2.45) is 13.0 Å². The molecule has 2 N–H and O–H groups in total. The lowest BCUT2D eigenvalue weighted by atomic mass is 9.85. The number of amides is 3. The Morgan fingerprint density at radius 1 is 1.04 bits per heavy atom. The summed E-state index contributed by atoms with van der Waals surface area (Å²) in [7, 11) is 5.58. The van der Waals surface area contributed by atoms with Crippen LogP contribution in [0.4, 0.5) is 11.4 Å². The highest BCUT2D eigenvalue weighted by atomic mass is 35.5. The highest BCUT2D eigenvalue weighted by Crippen LogP contribution is 2.37. The summed E-state index contributed by atoms with van der Waals surface area (Å²) in [5.41, 5.74) is 3.79. The van der Waals surface area contributed by atoms with Crippen molar-refractivity contribution in [3.63, 3.8) is 0 Å². The van der Waals surface area contributed by atoms with E-state index in [2.05, 4.69) is 49.4 Å². The van der Waals surface area contributed by atoms with Crippen molar-refractivity contribution in [3.8, 4) is 5.75 Å². The molecule has 288 valence electrons. The summed E-state index contributed by atoms with van der Waals surface area (Å²) in [5.74, 6) is 0.00161. The first-order valence-electron chi connectivity index (χ1n) is 19.1. The van der Waals surface area contributed by atoms with Crippen LogP contribution < -0.4 is 26.0 Å². The molecule has 1 saturated carbocycles. The number of nitrogens with one attached hydrogen (secondary N) is 2. The summed E-state index contributed by atoms with van der Waals surface area (Å²) >= 11 is 6.20. The molecule has 14 nitrogen and oxygen atoms in total. The van der Waals surface area contributed by atoms with Crippen LogP contribution in [0.1, 0.15) is 73.9 Å². The van der Waals surface area contributed by atoms with Crippen molar-refractivity contribution in [2.45, 2.75) is 69.5 Å². The predicted octanol–water partition coefficient (Wildman–Crippen LogP) is 5.31. The van der Waals surface area contributed by atoms with Crippen molar-refractivity contribution in [1.82, 2.24) is 34.1 Å². The summed E-state index contributed by atoms with van der Waals surface area (Å²) in [6.07, 6.45) is 10.5. The van der Waals surface area contributed by atoms with Gasteiger partial charge in [0.1, 0.15) is 17.5 Å². The first-order valence-corrected chi connectivity index (χ1v) is 19.4. The SMILES string of the molecule is COc1cc2nn(C3CCC(CN(C)C4CCN(c5cccc6c5n(C)c(=O)n6C5CCC(=O)NC5=O)CC4)CC3)cc2cc1NC(=O)c1ncccc1Cl. The Morgan fingerprint density at radius 2 is 1.82 bits per heavy atom. The van der Waals surface area contributed by atoms with E-state index in [9.17, 15) is 19.2 Å². The van der Waals surface area contributed by atoms with E-state index in [-0.39, 0.29) is 28.7 Å². The summed E-state index contributed by atoms with van der Waals surface area (Å²) in [6, 6.07) is 13.0. The molecule has 55 heavy (non-hydrogen) atoms. The molecule has 0 spiro atoms. The van der Waals surface area contributed by atoms with Gasteiger partial charge in [-0.05, 0) is 88.2 Å². The quantitative estimate of drug-likeness (QED) is 0.191. The van der Waals surface area contributed by atoms with E-state index in [1.54, 1.807) is 35.4 Å². The molecule has 1 atom stereocenters. The average Bonchev–Trinajstić information content (AvgIpc) is 3.72. The number of rotatable bonds is 9. The number of ether oxygens (including phenoxy) is 1. The van der Waals surface area contributed by atoms with Crippen LogP contribution in [0, 0.1) is 5.92 Å². The van der Waals surface area contributed by atoms with Gasteiger partial charge in [0, 0.05) is 63.0 Å². The molecule has 3 fully saturated rings. The zero-order valence-electron chi connectivity index (χ0n) is 31.3. The van der Waals surface area contributed by atoms with E-state index < -0.39 is 17.9 Å². The average molecular weight is 768 g/mol. The zero-order chi connectivity index (χ0) is 38.4. The normalized spacial score (nSPS) is 21.0. The molecule has 3 amide bonds. The molecular weight excluding hydrogens is 722 g/mol. The Bertz CT molecular complexity index is 2330. The molecule has 2 aromatic carbocycles. The Morgan fingerprint density at radius 3 is 2.55 bits per heavy atom. The fourth-order valence-electron chi connectivity index (χ4n) is 8.86. The van der Waals surface area contributed by atoms with E-state index in [4.69, 9.17) is 21.4 Å². The molecule has 2 aliphatic heterocycles. The Hall–Kier alpha value is -5.21. The molecule has 3 aliphatic rings. The van der Waals surface area contributed by atoms with E-state index in [1.165, 1.54) is 6.20 Å². The van der Waals surface area contributed by atoms with Gasteiger partial charge in [0.15, 0.2) is 0 Å². The third-order valence-corrected chi connectivity index (χ3v) is 12.1. The number of hydrogen-bond donors (Lipinski definition) is 2. The number of hydrogen-bond acceptors (Lipinski definition) is 9. The lowest BCUT2D eigenvalue weighted by molar-refractivity contribution is -0.135. The lowest BCUT2D eigenvalue weighted by Crippen LogP contribution is -2.45. The zero-order valence-corrected chi connectivity index (χ0v) is 32.1. The minimum absolute atomic E-state index is 0.151. The molecule has 0 radical (unpaired) electrons. The number of aromatic nitrogens is 5. The number of carbonyl (C=O) groups excluding carboxylic acids is 3. The Labute approximate surface area is 323 Å². The molecular formula is C40H46ClN9O5. The van der Waals surface area contributed by atoms with Gasteiger partial charge in [-0.2, -0.15) is 5.10 Å². The maximum Gasteiger partial charge on any atom is 0.329 e. The molecule has 1 aliphatic carbocycles. The molecule has 15 heteroatoms. The van der Waals surface area contributed by atoms with Crippen LogP contribution in [0.2, 0.25) is 5.02 Å². The number of carbonyl (C=O) groups is 3. The predicted molar refractivity (Wildman–Crippen MR) is 211 cm³/mol. The second kappa shape index (κ2) is 15.1. The van der Waals surface area contributed by atoms with Crippen molar-refractivity contribution in [2.75, 3.05) is 44.0 Å². The Kier molecular flexibility index (Phi) is 10.1. The molecule has 8 rings (SSSR count). The van der Waals surface area contributed by atoms with Gasteiger partial charge in [0.2, 0.25) is 11.8 Å². The van der Waals surface area contributed by atoms with Crippen molar-refractivity contribution in [3.05, 3.63) is 76.1 Å². The second-order valence-corrected chi connectivity index (χ2v) is 15.6. The van der Waals surface area contributed by atoms with Gasteiger partial charge < -0.3 is 19.9 Å². The fraction of sp³-hybridized carbons (Fsp3) is 0.450. The standard InChI is InChI=1S/C40H46ClN9O5/c1-46(26-15-18-48(19-16-26)31-7-4-8-32-37(31)47(2)40(54)50(32)33-13-14-35(51)44-38(33)52)22-24-9-11-27(12-10-24)49-23-25-20-30(34(55-3)21-29(25)45-49)43-39(53)36-28(41)6-5-17-42-36/h4-8,17,20-21,23-24,26-27,33H,9-16,18-19,22H2,1-3H3,(H,43,53)(H,44,51,52). The summed E-state index contributed by atoms with van der Waals surface area (Å²) in [4.78, 5) is 59.9. The second-order valence-electron chi connectivity index (χ2n) is 15.2. The first kappa shape index (κ1) is 36.8. The number of anilines is 2. The third-order valence-electron chi connectivity index (χ3n) is 11.8. The van der Waals surface area contributed by atoms with Gasteiger partial charge >= 0.3 is 5.69 Å². The van der Waals surface area contributed by atoms with Crippen LogP contribution in [0.3, 0.4) is 0 Å². The minimum atomic E-state index is -0.699. The number of methoxy groups -OCH3 is 1. The van der Waals surface area contributed by atoms with Gasteiger partial charge in [-0.15, -0.1) is 0 Å². The third kappa shape index (κ3) is 7.08. The number of nitrogens with zero attached hydrogens (tertiary/aromatic N) is 7. The van der Waals surface area contributed by atoms with Crippen molar-refractivity contribution >= 4 is 62.6 Å². The van der Waals surface area contributed by atoms with Gasteiger partial charge in [0.25, 0.3) is 5.91 Å². The highest BCUT2D eigenvalue weighted by Gasteiger charge is 2.33. The monoisotopic (exact) mass is 767 g/mol. The van der Waals surface area contributed by atoms with E-state index in [0.717, 1.165) is 85.8 Å². The number of halogens is 1. The van der Waals surface area contributed by atoms with Gasteiger partial charge in [0.05, 0.1) is 46.1 Å². The maximum atomic E-state index is 13.4. The molecule has 0 bridgehead atoms. The van der Waals surface area contributed by atoms with Crippen LogP contribution >= 0.6 is 11.6 Å². The minimum Gasteiger partial charge on any atom is -0.494 e. The van der Waals surface area contributed by atoms with Crippen LogP contribution in [0.15, 0.2) is 59.7 Å². The molecule has 5 aromatic rings. The first-order chi connectivity index (χ1) is 26.6. The Balaban J connectivity index is 0.869. The van der Waals surface area contributed by atoms with Crippen LogP contribution in [-0.2, 0) is 16.6 Å². The number of piperidine rings is 2. The van der Waals surface area contributed by atoms with Crippen LogP contribution in [-0.4, -0.2) is 86.4 Å². The van der Waals surface area contributed by atoms with E-state index in [0.29, 0.717) is 35.9 Å². The number of fused-ring (bicyclic) bond motifs is 2. The largest absolute Gasteiger partial charge is 0.494 e. The summed E-state index contributed by atoms with van der Waals surface area (Å²) < 4.78 is 10.9. The molecule has 1 unspecified atom stereocenters. The fourth-order valence-corrected chi connectivity index (χ4v) is 9.07. The van der Waals surface area contributed by atoms with Crippen molar-refractivity contribution < 1.29 is 19.1 Å². The van der Waals surface area contributed by atoms with Crippen LogP contribution in [0.25, 0.3) is 21.9 Å². The lowest BCUT2D eigenvalue weighted by Gasteiger charge is -2.40. The number of pyridine rings is 1. The van der Waals surface area contributed by atoms with E-state index >= 15 is 0 Å². The van der Waals surface area contributed by atoms with Crippen LogP contribution in [0.5, 0.6) is 5.75 Å². The number of imidazole rings is 1. The summed E-state index contributed by atoms with van der Waals surface area (Å²) in [5, 5.41) is 11.4. The smallest absolute Gasteiger partial charge is 0.329 e. The topological polar surface area (TPSA) is 149 Å². The molecule has 3 aromatic heterocycles. The van der Waals surface area contributed by atoms with Crippen molar-refractivity contribution in [1.29, 1.82) is 0 Å². The maximum absolute atomic E-state index is 13.4.